The highest BCUT2D eigenvalue weighted by Crippen LogP contribution is 2.49. The fourth-order valence-electron chi connectivity index (χ4n) is 5.57. The molecule has 1 aliphatic carbocycles. The van der Waals surface area contributed by atoms with E-state index in [4.69, 9.17) is 0 Å². The lowest BCUT2D eigenvalue weighted by Crippen LogP contribution is -2.37. The maximum atomic E-state index is 13.8. The number of rotatable bonds is 2. The van der Waals surface area contributed by atoms with Gasteiger partial charge in [-0.15, -0.1) is 11.3 Å². The Morgan fingerprint density at radius 3 is 2.16 bits per heavy atom. The fraction of sp³-hybridized carbons (Fsp3) is 0.414. The maximum absolute atomic E-state index is 13.8. The Morgan fingerprint density at radius 1 is 0.946 bits per heavy atom. The van der Waals surface area contributed by atoms with Gasteiger partial charge in [-0.3, -0.25) is 19.6 Å². The van der Waals surface area contributed by atoms with Crippen LogP contribution in [0.2, 0.25) is 0 Å². The number of thiophene rings is 1. The molecule has 3 heterocycles. The Kier molecular flexibility index (Phi) is 5.86. The summed E-state index contributed by atoms with van der Waals surface area (Å²) in [6, 6.07) is 7.85. The van der Waals surface area contributed by atoms with Gasteiger partial charge in [0.25, 0.3) is 5.56 Å². The van der Waals surface area contributed by atoms with E-state index in [0.717, 1.165) is 27.3 Å². The number of anilines is 1. The lowest BCUT2D eigenvalue weighted by atomic mass is 9.71. The Bertz CT molecular complexity index is 1510. The first kappa shape index (κ1) is 25.3. The molecule has 1 aliphatic heterocycles. The standard InChI is InChI=1S/C29H33N3O4S/c1-28(2,3)16-10-15(11-17(24(16)34)29(4,5)6)21-22-18(30-25-23(21)26(35)32-27(36)31-25)12-14(13-19(22)33)20-8-7-9-37-20/h7-11,14,21,34H,12-13H2,1-6H3,(H3,30,31,32,35,36)/t14-,21+/m0/s1. The lowest BCUT2D eigenvalue weighted by molar-refractivity contribution is -0.116. The van der Waals surface area contributed by atoms with Crippen LogP contribution < -0.4 is 16.6 Å². The highest BCUT2D eigenvalue weighted by Gasteiger charge is 2.41. The first-order chi connectivity index (χ1) is 17.3. The van der Waals surface area contributed by atoms with Gasteiger partial charge in [0.15, 0.2) is 5.78 Å². The van der Waals surface area contributed by atoms with Gasteiger partial charge in [-0.25, -0.2) is 4.79 Å². The van der Waals surface area contributed by atoms with Gasteiger partial charge in [-0.1, -0.05) is 59.7 Å². The minimum absolute atomic E-state index is 0.0175. The van der Waals surface area contributed by atoms with Gasteiger partial charge in [0.1, 0.15) is 11.6 Å². The third-order valence-electron chi connectivity index (χ3n) is 7.37. The SMILES string of the molecule is CC(C)(C)c1cc([C@@H]2C3=C(C[C@H](c4cccs4)CC3=O)Nc3[nH]c(=O)[nH]c(=O)c32)cc(C(C)(C)C)c1O. The van der Waals surface area contributed by atoms with Crippen molar-refractivity contribution < 1.29 is 9.90 Å². The molecule has 8 heteroatoms. The number of benzene rings is 1. The van der Waals surface area contributed by atoms with Crippen molar-refractivity contribution in [2.24, 2.45) is 0 Å². The average molecular weight is 520 g/mol. The zero-order valence-corrected chi connectivity index (χ0v) is 22.9. The zero-order valence-electron chi connectivity index (χ0n) is 22.0. The molecule has 0 spiro atoms. The number of Topliss-reactive ketones (excluding diaryl/α,β-unsaturated/α-hetero) is 1. The highest BCUT2D eigenvalue weighted by atomic mass is 32.1. The Labute approximate surface area is 219 Å². The number of H-pyrrole nitrogens is 2. The van der Waals surface area contributed by atoms with Crippen molar-refractivity contribution in [1.29, 1.82) is 0 Å². The molecule has 0 saturated carbocycles. The number of phenols is 1. The molecule has 2 atom stereocenters. The van der Waals surface area contributed by atoms with Crippen LogP contribution in [0.15, 0.2) is 50.5 Å². The van der Waals surface area contributed by atoms with Crippen molar-refractivity contribution in [2.75, 3.05) is 5.32 Å². The number of hydrogen-bond donors (Lipinski definition) is 4. The van der Waals surface area contributed by atoms with Crippen molar-refractivity contribution in [3.05, 3.63) is 88.9 Å². The van der Waals surface area contributed by atoms with E-state index in [0.29, 0.717) is 29.8 Å². The first-order valence-electron chi connectivity index (χ1n) is 12.6. The summed E-state index contributed by atoms with van der Waals surface area (Å²) in [5.74, 6) is -0.109. The Hall–Kier alpha value is -3.39. The van der Waals surface area contributed by atoms with Gasteiger partial charge in [-0.2, -0.15) is 0 Å². The summed E-state index contributed by atoms with van der Waals surface area (Å²) < 4.78 is 0. The molecule has 0 amide bonds. The van der Waals surface area contributed by atoms with Crippen molar-refractivity contribution in [2.45, 2.75) is 77.0 Å². The molecule has 2 aromatic heterocycles. The molecule has 7 nitrogen and oxygen atoms in total. The molecule has 0 bridgehead atoms. The Morgan fingerprint density at radius 2 is 1.59 bits per heavy atom. The highest BCUT2D eigenvalue weighted by molar-refractivity contribution is 7.10. The topological polar surface area (TPSA) is 115 Å². The quantitative estimate of drug-likeness (QED) is 0.363. The smallest absolute Gasteiger partial charge is 0.327 e. The van der Waals surface area contributed by atoms with Gasteiger partial charge >= 0.3 is 5.69 Å². The number of fused-ring (bicyclic) bond motifs is 1. The first-order valence-corrected chi connectivity index (χ1v) is 13.4. The van der Waals surface area contributed by atoms with Crippen molar-refractivity contribution in [3.8, 4) is 5.75 Å². The number of aromatic hydroxyl groups is 1. The van der Waals surface area contributed by atoms with E-state index in [1.165, 1.54) is 0 Å². The van der Waals surface area contributed by atoms with Crippen molar-refractivity contribution >= 4 is 22.9 Å². The number of phenolic OH excluding ortho intramolecular Hbond substituents is 1. The van der Waals surface area contributed by atoms with Crippen LogP contribution in [0, 0.1) is 0 Å². The molecule has 0 saturated heterocycles. The van der Waals surface area contributed by atoms with Crippen LogP contribution in [-0.4, -0.2) is 20.9 Å². The van der Waals surface area contributed by atoms with Gasteiger partial charge < -0.3 is 10.4 Å². The molecule has 4 N–H and O–H groups in total. The van der Waals surface area contributed by atoms with E-state index in [-0.39, 0.29) is 28.3 Å². The van der Waals surface area contributed by atoms with Crippen LogP contribution in [0.4, 0.5) is 5.82 Å². The summed E-state index contributed by atoms with van der Waals surface area (Å²) in [5, 5.41) is 16.5. The van der Waals surface area contributed by atoms with Crippen LogP contribution in [-0.2, 0) is 15.6 Å². The Balaban J connectivity index is 1.80. The van der Waals surface area contributed by atoms with Crippen molar-refractivity contribution in [3.63, 3.8) is 0 Å². The molecule has 0 unspecified atom stereocenters. The lowest BCUT2D eigenvalue weighted by Gasteiger charge is -2.36. The van der Waals surface area contributed by atoms with E-state index in [1.54, 1.807) is 11.3 Å². The second-order valence-corrected chi connectivity index (χ2v) is 13.1. The summed E-state index contributed by atoms with van der Waals surface area (Å²) in [7, 11) is 0. The summed E-state index contributed by atoms with van der Waals surface area (Å²) in [4.78, 5) is 45.5. The summed E-state index contributed by atoms with van der Waals surface area (Å²) >= 11 is 1.63. The van der Waals surface area contributed by atoms with Gasteiger partial charge in [0.05, 0.1) is 5.56 Å². The minimum atomic E-state index is -0.675. The van der Waals surface area contributed by atoms with E-state index < -0.39 is 17.2 Å². The second-order valence-electron chi connectivity index (χ2n) is 12.2. The number of carbonyl (C=O) groups is 1. The average Bonchev–Trinajstić information content (AvgIpc) is 3.31. The van der Waals surface area contributed by atoms with Crippen LogP contribution in [0.1, 0.15) is 93.4 Å². The number of hydrogen-bond acceptors (Lipinski definition) is 6. The molecule has 3 aromatic rings. The number of ketones is 1. The molecular weight excluding hydrogens is 486 g/mol. The van der Waals surface area contributed by atoms with Gasteiger partial charge in [0.2, 0.25) is 0 Å². The molecule has 1 aromatic carbocycles. The van der Waals surface area contributed by atoms with Crippen LogP contribution in [0.3, 0.4) is 0 Å². The third-order valence-corrected chi connectivity index (χ3v) is 8.40. The molecule has 2 aliphatic rings. The van der Waals surface area contributed by atoms with E-state index in [9.17, 15) is 19.5 Å². The predicted octanol–water partition coefficient (Wildman–Crippen LogP) is 5.38. The molecule has 194 valence electrons. The zero-order chi connectivity index (χ0) is 26.9. The minimum Gasteiger partial charge on any atom is -0.507 e. The monoisotopic (exact) mass is 519 g/mol. The molecule has 37 heavy (non-hydrogen) atoms. The van der Waals surface area contributed by atoms with Crippen LogP contribution in [0.25, 0.3) is 0 Å². The predicted molar refractivity (Wildman–Crippen MR) is 147 cm³/mol. The van der Waals surface area contributed by atoms with Crippen LogP contribution in [0.5, 0.6) is 5.75 Å². The summed E-state index contributed by atoms with van der Waals surface area (Å²) in [6.07, 6.45) is 0.952. The number of allylic oxidation sites excluding steroid dienone is 2. The van der Waals surface area contributed by atoms with Crippen LogP contribution >= 0.6 is 11.3 Å². The largest absolute Gasteiger partial charge is 0.507 e. The number of carbonyl (C=O) groups excluding carboxylic acids is 1. The van der Waals surface area contributed by atoms with Gasteiger partial charge in [0, 0.05) is 34.4 Å². The maximum Gasteiger partial charge on any atom is 0.327 e. The number of aromatic amines is 2. The van der Waals surface area contributed by atoms with E-state index in [2.05, 4.69) is 15.3 Å². The second kappa shape index (κ2) is 8.58. The van der Waals surface area contributed by atoms with Crippen molar-refractivity contribution in [1.82, 2.24) is 9.97 Å². The third kappa shape index (κ3) is 4.37. The summed E-state index contributed by atoms with van der Waals surface area (Å²) in [5.41, 5.74) is 1.95. The van der Waals surface area contributed by atoms with Gasteiger partial charge in [-0.05, 0) is 45.4 Å². The molecule has 5 rings (SSSR count). The number of nitrogens with one attached hydrogen (secondary N) is 3. The molecule has 0 fully saturated rings. The number of aromatic nitrogens is 2. The van der Waals surface area contributed by atoms with E-state index >= 15 is 0 Å². The fourth-order valence-corrected chi connectivity index (χ4v) is 6.40. The normalized spacial score (nSPS) is 19.9. The molecule has 0 radical (unpaired) electrons. The molecular formula is C29H33N3O4S. The van der Waals surface area contributed by atoms with E-state index in [1.807, 2.05) is 71.2 Å². The summed E-state index contributed by atoms with van der Waals surface area (Å²) in [6.45, 7) is 12.2.